The molecule has 0 unspecified atom stereocenters. The molecule has 1 heterocycles. The van der Waals surface area contributed by atoms with Gasteiger partial charge in [0.1, 0.15) is 5.82 Å². The SMILES string of the molecule is Nc1cc(-c2cccc(C(F)(F)F)c2)nn1-c1ccc(C(=O)Nc2cccc(Cl)c2)cc1. The van der Waals surface area contributed by atoms with Crippen LogP contribution in [0.15, 0.2) is 78.9 Å². The Labute approximate surface area is 186 Å². The molecule has 0 saturated heterocycles. The van der Waals surface area contributed by atoms with Crippen molar-refractivity contribution in [2.45, 2.75) is 6.18 Å². The van der Waals surface area contributed by atoms with Gasteiger partial charge in [-0.3, -0.25) is 4.79 Å². The molecule has 3 aromatic carbocycles. The molecule has 32 heavy (non-hydrogen) atoms. The molecule has 0 spiro atoms. The fraction of sp³-hybridized carbons (Fsp3) is 0.0435. The summed E-state index contributed by atoms with van der Waals surface area (Å²) in [6.07, 6.45) is -4.45. The van der Waals surface area contributed by atoms with Crippen LogP contribution in [0, 0.1) is 0 Å². The van der Waals surface area contributed by atoms with Crippen molar-refractivity contribution in [3.05, 3.63) is 95.0 Å². The summed E-state index contributed by atoms with van der Waals surface area (Å²) in [4.78, 5) is 12.4. The van der Waals surface area contributed by atoms with Crippen molar-refractivity contribution in [1.29, 1.82) is 0 Å². The summed E-state index contributed by atoms with van der Waals surface area (Å²) in [5.74, 6) is -0.0783. The zero-order valence-electron chi connectivity index (χ0n) is 16.4. The Bertz CT molecular complexity index is 1280. The first-order valence-corrected chi connectivity index (χ1v) is 9.79. The van der Waals surface area contributed by atoms with E-state index in [2.05, 4.69) is 10.4 Å². The van der Waals surface area contributed by atoms with Crippen LogP contribution >= 0.6 is 11.6 Å². The summed E-state index contributed by atoms with van der Waals surface area (Å²) >= 11 is 5.93. The van der Waals surface area contributed by atoms with Crippen molar-refractivity contribution in [3.8, 4) is 16.9 Å². The van der Waals surface area contributed by atoms with Gasteiger partial charge >= 0.3 is 6.18 Å². The van der Waals surface area contributed by atoms with E-state index in [9.17, 15) is 18.0 Å². The molecule has 0 aliphatic heterocycles. The first kappa shape index (κ1) is 21.5. The minimum absolute atomic E-state index is 0.244. The van der Waals surface area contributed by atoms with Gasteiger partial charge in [0, 0.05) is 27.9 Å². The van der Waals surface area contributed by atoms with Crippen LogP contribution in [0.25, 0.3) is 16.9 Å². The second-order valence-electron chi connectivity index (χ2n) is 6.96. The summed E-state index contributed by atoms with van der Waals surface area (Å²) < 4.78 is 40.4. The number of hydrogen-bond acceptors (Lipinski definition) is 3. The Morgan fingerprint density at radius 2 is 1.69 bits per heavy atom. The van der Waals surface area contributed by atoms with Crippen molar-refractivity contribution in [2.24, 2.45) is 0 Å². The van der Waals surface area contributed by atoms with Crippen LogP contribution in [0.4, 0.5) is 24.7 Å². The standard InChI is InChI=1S/C23H16ClF3N4O/c24-17-5-2-6-18(12-17)29-22(32)14-7-9-19(10-8-14)31-21(28)13-20(30-31)15-3-1-4-16(11-15)23(25,26)27/h1-13H,28H2,(H,29,32). The van der Waals surface area contributed by atoms with Crippen LogP contribution in [0.3, 0.4) is 0 Å². The number of nitrogens with one attached hydrogen (secondary N) is 1. The van der Waals surface area contributed by atoms with E-state index < -0.39 is 11.7 Å². The van der Waals surface area contributed by atoms with E-state index >= 15 is 0 Å². The summed E-state index contributed by atoms with van der Waals surface area (Å²) in [7, 11) is 0. The zero-order valence-corrected chi connectivity index (χ0v) is 17.2. The first-order valence-electron chi connectivity index (χ1n) is 9.41. The highest BCUT2D eigenvalue weighted by molar-refractivity contribution is 6.31. The van der Waals surface area contributed by atoms with E-state index in [1.807, 2.05) is 0 Å². The Hall–Kier alpha value is -3.78. The van der Waals surface area contributed by atoms with Crippen LogP contribution in [0.2, 0.25) is 5.02 Å². The second kappa shape index (κ2) is 8.39. The van der Waals surface area contributed by atoms with Crippen LogP contribution < -0.4 is 11.1 Å². The highest BCUT2D eigenvalue weighted by Crippen LogP contribution is 2.32. The maximum Gasteiger partial charge on any atom is 0.416 e. The summed E-state index contributed by atoms with van der Waals surface area (Å²) in [5.41, 5.74) is 7.39. The monoisotopic (exact) mass is 456 g/mol. The number of carbonyl (C=O) groups excluding carboxylic acids is 1. The van der Waals surface area contributed by atoms with Gasteiger partial charge in [0.05, 0.1) is 16.9 Å². The molecule has 0 aliphatic rings. The molecule has 3 N–H and O–H groups in total. The molecular weight excluding hydrogens is 441 g/mol. The first-order chi connectivity index (χ1) is 15.2. The van der Waals surface area contributed by atoms with Crippen molar-refractivity contribution >= 4 is 29.0 Å². The Morgan fingerprint density at radius 3 is 2.38 bits per heavy atom. The molecule has 0 radical (unpaired) electrons. The third kappa shape index (κ3) is 4.60. The molecule has 162 valence electrons. The van der Waals surface area contributed by atoms with Gasteiger partial charge in [-0.25, -0.2) is 4.68 Å². The van der Waals surface area contributed by atoms with Crippen LogP contribution in [0.1, 0.15) is 15.9 Å². The number of aromatic nitrogens is 2. The van der Waals surface area contributed by atoms with Gasteiger partial charge in [-0.15, -0.1) is 0 Å². The lowest BCUT2D eigenvalue weighted by Gasteiger charge is -2.08. The van der Waals surface area contributed by atoms with E-state index in [1.165, 1.54) is 22.9 Å². The molecule has 4 rings (SSSR count). The molecule has 9 heteroatoms. The number of benzene rings is 3. The minimum Gasteiger partial charge on any atom is -0.384 e. The Balaban J connectivity index is 1.56. The number of rotatable bonds is 4. The van der Waals surface area contributed by atoms with Gasteiger partial charge < -0.3 is 11.1 Å². The van der Waals surface area contributed by atoms with Gasteiger partial charge in [-0.05, 0) is 54.6 Å². The van der Waals surface area contributed by atoms with E-state index in [1.54, 1.807) is 48.5 Å². The zero-order chi connectivity index (χ0) is 22.9. The molecule has 0 aliphatic carbocycles. The molecular formula is C23H16ClF3N4O. The van der Waals surface area contributed by atoms with Crippen molar-refractivity contribution in [1.82, 2.24) is 9.78 Å². The molecule has 0 atom stereocenters. The van der Waals surface area contributed by atoms with Crippen molar-refractivity contribution < 1.29 is 18.0 Å². The molecule has 1 amide bonds. The van der Waals surface area contributed by atoms with E-state index in [4.69, 9.17) is 17.3 Å². The van der Waals surface area contributed by atoms with Crippen molar-refractivity contribution in [3.63, 3.8) is 0 Å². The van der Waals surface area contributed by atoms with Crippen molar-refractivity contribution in [2.75, 3.05) is 11.1 Å². The number of nitrogen functional groups attached to an aromatic ring is 1. The van der Waals surface area contributed by atoms with Gasteiger partial charge in [-0.1, -0.05) is 29.8 Å². The fourth-order valence-corrected chi connectivity index (χ4v) is 3.31. The average molecular weight is 457 g/mol. The average Bonchev–Trinajstić information content (AvgIpc) is 3.15. The molecule has 5 nitrogen and oxygen atoms in total. The predicted octanol–water partition coefficient (Wildman–Crippen LogP) is 6.05. The van der Waals surface area contributed by atoms with Gasteiger partial charge in [0.15, 0.2) is 0 Å². The Morgan fingerprint density at radius 1 is 0.969 bits per heavy atom. The molecule has 1 aromatic heterocycles. The molecule has 0 bridgehead atoms. The van der Waals surface area contributed by atoms with E-state index in [0.717, 1.165) is 12.1 Å². The number of nitrogens with zero attached hydrogens (tertiary/aromatic N) is 2. The number of hydrogen-bond donors (Lipinski definition) is 2. The minimum atomic E-state index is -4.45. The maximum absolute atomic E-state index is 13.0. The summed E-state index contributed by atoms with van der Waals surface area (Å²) in [5, 5.41) is 7.59. The molecule has 4 aromatic rings. The topological polar surface area (TPSA) is 72.9 Å². The van der Waals surface area contributed by atoms with E-state index in [0.29, 0.717) is 33.2 Å². The van der Waals surface area contributed by atoms with Gasteiger partial charge in [0.25, 0.3) is 5.91 Å². The maximum atomic E-state index is 13.0. The summed E-state index contributed by atoms with van der Waals surface area (Å²) in [6.45, 7) is 0. The number of alkyl halides is 3. The lowest BCUT2D eigenvalue weighted by atomic mass is 10.1. The second-order valence-corrected chi connectivity index (χ2v) is 7.39. The smallest absolute Gasteiger partial charge is 0.384 e. The van der Waals surface area contributed by atoms with Crippen LogP contribution in [-0.2, 0) is 6.18 Å². The largest absolute Gasteiger partial charge is 0.416 e. The van der Waals surface area contributed by atoms with E-state index in [-0.39, 0.29) is 11.7 Å². The quantitative estimate of drug-likeness (QED) is 0.393. The predicted molar refractivity (Wildman–Crippen MR) is 118 cm³/mol. The third-order valence-electron chi connectivity index (χ3n) is 4.68. The van der Waals surface area contributed by atoms with Gasteiger partial charge in [0.2, 0.25) is 0 Å². The number of amides is 1. The number of anilines is 2. The highest BCUT2D eigenvalue weighted by Gasteiger charge is 2.30. The lowest BCUT2D eigenvalue weighted by Crippen LogP contribution is -2.12. The fourth-order valence-electron chi connectivity index (χ4n) is 3.12. The van der Waals surface area contributed by atoms with Crippen LogP contribution in [0.5, 0.6) is 0 Å². The Kier molecular flexibility index (Phi) is 5.63. The molecule has 0 fully saturated rings. The lowest BCUT2D eigenvalue weighted by molar-refractivity contribution is -0.137. The van der Waals surface area contributed by atoms with Gasteiger partial charge in [-0.2, -0.15) is 18.3 Å². The normalized spacial score (nSPS) is 11.4. The number of nitrogens with two attached hydrogens (primary N) is 1. The number of carbonyl (C=O) groups is 1. The molecule has 0 saturated carbocycles. The number of halogens is 4. The summed E-state index contributed by atoms with van der Waals surface area (Å²) in [6, 6.07) is 19.6. The highest BCUT2D eigenvalue weighted by atomic mass is 35.5. The third-order valence-corrected chi connectivity index (χ3v) is 4.91. The van der Waals surface area contributed by atoms with Crippen LogP contribution in [-0.4, -0.2) is 15.7 Å².